The molecule has 1 aromatic carbocycles. The summed E-state index contributed by atoms with van der Waals surface area (Å²) in [6.07, 6.45) is 1.62. The highest BCUT2D eigenvalue weighted by Gasteiger charge is 2.30. The first-order valence-corrected chi connectivity index (χ1v) is 5.66. The van der Waals surface area contributed by atoms with Gasteiger partial charge < -0.3 is 9.67 Å². The van der Waals surface area contributed by atoms with Crippen molar-refractivity contribution in [3.05, 3.63) is 46.0 Å². The van der Waals surface area contributed by atoms with E-state index in [9.17, 15) is 14.0 Å². The van der Waals surface area contributed by atoms with E-state index in [1.165, 1.54) is 22.8 Å². The topological polar surface area (TPSA) is 59.3 Å². The molecule has 18 heavy (non-hydrogen) atoms. The van der Waals surface area contributed by atoms with Crippen LogP contribution in [0, 0.1) is 5.82 Å². The predicted octanol–water partition coefficient (Wildman–Crippen LogP) is 2.17. The number of hydrogen-bond acceptors (Lipinski definition) is 2. The van der Waals surface area contributed by atoms with Gasteiger partial charge in [0, 0.05) is 17.5 Å². The van der Waals surface area contributed by atoms with Crippen molar-refractivity contribution in [1.82, 2.24) is 4.57 Å². The van der Waals surface area contributed by atoms with Crippen molar-refractivity contribution in [3.63, 3.8) is 0 Å². The summed E-state index contributed by atoms with van der Waals surface area (Å²) >= 11 is 0. The molecule has 0 aliphatic heterocycles. The van der Waals surface area contributed by atoms with E-state index in [0.29, 0.717) is 0 Å². The molecule has 4 nitrogen and oxygen atoms in total. The van der Waals surface area contributed by atoms with Gasteiger partial charge >= 0.3 is 5.97 Å². The standard InChI is InChI=1S/C13H10FNO3/c14-9-3-1-2-8-11(16)6-10(13(17)18)15(12(8)9)7-4-5-7/h1-3,6-7H,4-5H2,(H,17,18). The molecule has 1 heterocycles. The van der Waals surface area contributed by atoms with Crippen LogP contribution in [0.2, 0.25) is 0 Å². The smallest absolute Gasteiger partial charge is 0.352 e. The van der Waals surface area contributed by atoms with E-state index in [4.69, 9.17) is 5.11 Å². The van der Waals surface area contributed by atoms with Gasteiger partial charge in [0.1, 0.15) is 11.5 Å². The number of pyridine rings is 1. The average Bonchev–Trinajstić information content (AvgIpc) is 3.13. The SMILES string of the molecule is O=C(O)c1cc(=O)c2cccc(F)c2n1C1CC1. The molecule has 1 N–H and O–H groups in total. The van der Waals surface area contributed by atoms with Crippen LogP contribution >= 0.6 is 0 Å². The summed E-state index contributed by atoms with van der Waals surface area (Å²) in [5.41, 5.74) is -0.496. The summed E-state index contributed by atoms with van der Waals surface area (Å²) in [4.78, 5) is 23.0. The van der Waals surface area contributed by atoms with E-state index < -0.39 is 17.2 Å². The van der Waals surface area contributed by atoms with Crippen LogP contribution in [0.1, 0.15) is 29.4 Å². The molecular formula is C13H10FNO3. The zero-order chi connectivity index (χ0) is 12.9. The number of hydrogen-bond donors (Lipinski definition) is 1. The number of carboxylic acid groups (broad SMARTS) is 1. The van der Waals surface area contributed by atoms with E-state index in [1.54, 1.807) is 0 Å². The quantitative estimate of drug-likeness (QED) is 0.884. The third-order valence-electron chi connectivity index (χ3n) is 3.15. The van der Waals surface area contributed by atoms with Crippen LogP contribution in [0.15, 0.2) is 29.1 Å². The Kier molecular flexibility index (Phi) is 2.23. The van der Waals surface area contributed by atoms with Crippen LogP contribution in [0.5, 0.6) is 0 Å². The molecule has 92 valence electrons. The van der Waals surface area contributed by atoms with Crippen LogP contribution in [-0.4, -0.2) is 15.6 Å². The number of rotatable bonds is 2. The van der Waals surface area contributed by atoms with Crippen molar-refractivity contribution in [1.29, 1.82) is 0 Å². The summed E-state index contributed by atoms with van der Waals surface area (Å²) in [6.45, 7) is 0. The van der Waals surface area contributed by atoms with E-state index in [2.05, 4.69) is 0 Å². The van der Waals surface area contributed by atoms with Crippen LogP contribution in [0.3, 0.4) is 0 Å². The van der Waals surface area contributed by atoms with Gasteiger partial charge in [-0.1, -0.05) is 6.07 Å². The van der Waals surface area contributed by atoms with Gasteiger partial charge in [0.25, 0.3) is 0 Å². The summed E-state index contributed by atoms with van der Waals surface area (Å²) in [6, 6.07) is 5.27. The molecular weight excluding hydrogens is 237 g/mol. The predicted molar refractivity (Wildman–Crippen MR) is 63.4 cm³/mol. The number of carbonyl (C=O) groups is 1. The maximum Gasteiger partial charge on any atom is 0.352 e. The first kappa shape index (κ1) is 11.0. The van der Waals surface area contributed by atoms with Crippen molar-refractivity contribution in [2.75, 3.05) is 0 Å². The first-order chi connectivity index (χ1) is 8.59. The van der Waals surface area contributed by atoms with Crippen LogP contribution in [0.4, 0.5) is 4.39 Å². The Balaban J connectivity index is 2.51. The van der Waals surface area contributed by atoms with E-state index in [0.717, 1.165) is 18.9 Å². The van der Waals surface area contributed by atoms with Crippen LogP contribution in [-0.2, 0) is 0 Å². The lowest BCUT2D eigenvalue weighted by Gasteiger charge is -2.13. The zero-order valence-corrected chi connectivity index (χ0v) is 9.39. The number of aromatic nitrogens is 1. The minimum Gasteiger partial charge on any atom is -0.477 e. The van der Waals surface area contributed by atoms with Crippen molar-refractivity contribution < 1.29 is 14.3 Å². The molecule has 1 aliphatic carbocycles. The largest absolute Gasteiger partial charge is 0.477 e. The summed E-state index contributed by atoms with van der Waals surface area (Å²) in [7, 11) is 0. The minimum atomic E-state index is -1.20. The maximum atomic E-state index is 13.9. The normalized spacial score (nSPS) is 14.9. The molecule has 0 spiro atoms. The lowest BCUT2D eigenvalue weighted by Crippen LogP contribution is -2.18. The Bertz CT molecular complexity index is 716. The fourth-order valence-electron chi connectivity index (χ4n) is 2.23. The summed E-state index contributed by atoms with van der Waals surface area (Å²) in [5, 5.41) is 9.36. The Morgan fingerprint density at radius 3 is 2.72 bits per heavy atom. The Morgan fingerprint density at radius 1 is 1.39 bits per heavy atom. The molecule has 2 aromatic rings. The number of para-hydroxylation sites is 1. The highest BCUT2D eigenvalue weighted by Crippen LogP contribution is 2.38. The van der Waals surface area contributed by atoms with Gasteiger partial charge in [0.2, 0.25) is 0 Å². The van der Waals surface area contributed by atoms with Crippen molar-refractivity contribution >= 4 is 16.9 Å². The fourth-order valence-corrected chi connectivity index (χ4v) is 2.23. The van der Waals surface area contributed by atoms with Crippen molar-refractivity contribution in [2.24, 2.45) is 0 Å². The molecule has 0 saturated heterocycles. The minimum absolute atomic E-state index is 0.0175. The monoisotopic (exact) mass is 247 g/mol. The number of benzene rings is 1. The highest BCUT2D eigenvalue weighted by atomic mass is 19.1. The Hall–Kier alpha value is -2.17. The van der Waals surface area contributed by atoms with E-state index >= 15 is 0 Å². The maximum absolute atomic E-state index is 13.9. The summed E-state index contributed by atoms with van der Waals surface area (Å²) < 4.78 is 15.3. The lowest BCUT2D eigenvalue weighted by atomic mass is 10.1. The second-order valence-corrected chi connectivity index (χ2v) is 4.44. The van der Waals surface area contributed by atoms with Crippen molar-refractivity contribution in [2.45, 2.75) is 18.9 Å². The van der Waals surface area contributed by atoms with E-state index in [1.807, 2.05) is 0 Å². The first-order valence-electron chi connectivity index (χ1n) is 5.66. The molecule has 0 bridgehead atoms. The number of nitrogens with zero attached hydrogens (tertiary/aromatic N) is 1. The lowest BCUT2D eigenvalue weighted by molar-refractivity contribution is 0.0684. The number of fused-ring (bicyclic) bond motifs is 1. The van der Waals surface area contributed by atoms with Gasteiger partial charge in [-0.25, -0.2) is 9.18 Å². The molecule has 1 fully saturated rings. The average molecular weight is 247 g/mol. The Labute approximate surface area is 101 Å². The van der Waals surface area contributed by atoms with E-state index in [-0.39, 0.29) is 22.6 Å². The number of halogens is 1. The molecule has 3 rings (SSSR count). The molecule has 1 aromatic heterocycles. The molecule has 0 amide bonds. The fraction of sp³-hybridized carbons (Fsp3) is 0.231. The second-order valence-electron chi connectivity index (χ2n) is 4.44. The van der Waals surface area contributed by atoms with Gasteiger partial charge in [0.15, 0.2) is 5.43 Å². The molecule has 1 aliphatic rings. The number of carboxylic acids is 1. The molecule has 0 atom stereocenters. The van der Waals surface area contributed by atoms with Crippen LogP contribution in [0.25, 0.3) is 10.9 Å². The van der Waals surface area contributed by atoms with Gasteiger partial charge in [0.05, 0.1) is 5.52 Å². The molecule has 0 radical (unpaired) electrons. The van der Waals surface area contributed by atoms with Gasteiger partial charge in [-0.05, 0) is 25.0 Å². The number of aromatic carboxylic acids is 1. The highest BCUT2D eigenvalue weighted by molar-refractivity contribution is 5.91. The molecule has 0 unspecified atom stereocenters. The second kappa shape index (κ2) is 3.66. The van der Waals surface area contributed by atoms with Crippen LogP contribution < -0.4 is 5.43 Å². The van der Waals surface area contributed by atoms with Gasteiger partial charge in [-0.15, -0.1) is 0 Å². The zero-order valence-electron chi connectivity index (χ0n) is 9.39. The van der Waals surface area contributed by atoms with Crippen molar-refractivity contribution in [3.8, 4) is 0 Å². The molecule has 5 heteroatoms. The van der Waals surface area contributed by atoms with Gasteiger partial charge in [-0.3, -0.25) is 4.79 Å². The third kappa shape index (κ3) is 1.51. The summed E-state index contributed by atoms with van der Waals surface area (Å²) in [5.74, 6) is -1.76. The van der Waals surface area contributed by atoms with Gasteiger partial charge in [-0.2, -0.15) is 0 Å². The Morgan fingerprint density at radius 2 is 2.11 bits per heavy atom. The third-order valence-corrected chi connectivity index (χ3v) is 3.15. The molecule has 1 saturated carbocycles.